The van der Waals surface area contributed by atoms with Crippen molar-refractivity contribution in [1.29, 1.82) is 0 Å². The molecule has 3 aliphatic heterocycles. The van der Waals surface area contributed by atoms with E-state index in [2.05, 4.69) is 25.6 Å². The topological polar surface area (TPSA) is 169 Å². The van der Waals surface area contributed by atoms with E-state index in [0.29, 0.717) is 31.4 Å². The molecule has 63 heavy (non-hydrogen) atoms. The van der Waals surface area contributed by atoms with Crippen LogP contribution in [-0.4, -0.2) is 108 Å². The van der Waals surface area contributed by atoms with E-state index in [0.717, 1.165) is 54.0 Å². The van der Waals surface area contributed by atoms with E-state index in [9.17, 15) is 45.2 Å². The number of carbonyl (C=O) groups excluding carboxylic acids is 4. The molecule has 4 N–H and O–H groups in total. The molecule has 346 valence electrons. The fourth-order valence-corrected chi connectivity index (χ4v) is 10.3. The zero-order valence-corrected chi connectivity index (χ0v) is 37.3. The first kappa shape index (κ1) is 46.3. The highest BCUT2D eigenvalue weighted by Crippen LogP contribution is 2.48. The van der Waals surface area contributed by atoms with Crippen LogP contribution in [0.1, 0.15) is 103 Å². The van der Waals surface area contributed by atoms with E-state index in [1.165, 1.54) is 31.1 Å². The molecule has 0 bridgehead atoms. The standard InChI is InChI=1S/C44H59F4N7O7S/c1-6-29-23-43(29,39(58)52-63(60,61)42(5)12-13-42)51-37(56)35-22-34(26-55(35)38(57)36(41(2,3)4)50-33-20-30(44(46,47)48)19-31(45)21-33)62-40(59)54-24-27-10-11-32(18-28(27)25-54)49-14-17-53-15-8-7-9-16-53/h10-11,18-21,29,34-36,49-50H,6-9,12-17,22-26H2,1-5H3,(H,51,56)(H,52,58)/t29-,34-,35?,36-,43-/m1/s1. The van der Waals surface area contributed by atoms with Crippen LogP contribution in [0, 0.1) is 17.2 Å². The number of carbonyl (C=O) groups is 4. The smallest absolute Gasteiger partial charge is 0.416 e. The van der Waals surface area contributed by atoms with Gasteiger partial charge in [-0.05, 0) is 105 Å². The molecular formula is C44H59F4N7O7S. The Balaban J connectivity index is 1.09. The second kappa shape index (κ2) is 17.4. The van der Waals surface area contributed by atoms with Crippen LogP contribution in [0.4, 0.5) is 33.7 Å². The third kappa shape index (κ3) is 10.2. The number of hydrogen-bond donors (Lipinski definition) is 4. The van der Waals surface area contributed by atoms with Gasteiger partial charge in [0.2, 0.25) is 21.8 Å². The number of amides is 4. The summed E-state index contributed by atoms with van der Waals surface area (Å²) in [6, 6.07) is 5.12. The largest absolute Gasteiger partial charge is 0.444 e. The summed E-state index contributed by atoms with van der Waals surface area (Å²) in [6.45, 7) is 12.4. The molecule has 14 nitrogen and oxygen atoms in total. The molecule has 7 rings (SSSR count). The fraction of sp³-hybridized carbons (Fsp3) is 0.636. The van der Waals surface area contributed by atoms with Gasteiger partial charge in [-0.3, -0.25) is 24.0 Å². The summed E-state index contributed by atoms with van der Waals surface area (Å²) in [5.41, 5.74) is -1.39. The number of anilines is 2. The molecule has 4 fully saturated rings. The molecule has 2 aliphatic carbocycles. The maximum absolute atomic E-state index is 14.7. The third-order valence-corrected chi connectivity index (χ3v) is 15.5. The van der Waals surface area contributed by atoms with Crippen LogP contribution in [-0.2, 0) is 48.4 Å². The van der Waals surface area contributed by atoms with Gasteiger partial charge in [-0.25, -0.2) is 17.6 Å². The minimum absolute atomic E-state index is 0.144. The van der Waals surface area contributed by atoms with Crippen molar-refractivity contribution in [3.05, 3.63) is 58.9 Å². The number of ether oxygens (including phenoxy) is 1. The number of fused-ring (bicyclic) bond motifs is 1. The van der Waals surface area contributed by atoms with Crippen LogP contribution in [0.5, 0.6) is 0 Å². The Hall–Kier alpha value is -4.65. The first-order valence-electron chi connectivity index (χ1n) is 21.9. The number of hydrogen-bond acceptors (Lipinski definition) is 10. The van der Waals surface area contributed by atoms with Gasteiger partial charge < -0.3 is 30.5 Å². The molecule has 19 heteroatoms. The summed E-state index contributed by atoms with van der Waals surface area (Å²) < 4.78 is 88.9. The molecule has 2 saturated carbocycles. The second-order valence-electron chi connectivity index (χ2n) is 19.2. The van der Waals surface area contributed by atoms with Crippen molar-refractivity contribution in [2.45, 2.75) is 134 Å². The summed E-state index contributed by atoms with van der Waals surface area (Å²) in [6.07, 6.45) is -1.78. The van der Waals surface area contributed by atoms with Crippen molar-refractivity contribution in [2.24, 2.45) is 11.3 Å². The second-order valence-corrected chi connectivity index (χ2v) is 21.4. The van der Waals surface area contributed by atoms with Gasteiger partial charge in [0.1, 0.15) is 29.5 Å². The average molecular weight is 906 g/mol. The van der Waals surface area contributed by atoms with E-state index < -0.39 is 91.2 Å². The monoisotopic (exact) mass is 905 g/mol. The number of sulfonamides is 1. The molecule has 5 atom stereocenters. The predicted octanol–water partition coefficient (Wildman–Crippen LogP) is 5.97. The van der Waals surface area contributed by atoms with Gasteiger partial charge in [0.15, 0.2) is 0 Å². The third-order valence-electron chi connectivity index (χ3n) is 13.3. The fourth-order valence-electron chi connectivity index (χ4n) is 8.98. The summed E-state index contributed by atoms with van der Waals surface area (Å²) in [5.74, 6) is -4.03. The molecule has 3 heterocycles. The van der Waals surface area contributed by atoms with Crippen molar-refractivity contribution >= 4 is 45.2 Å². The van der Waals surface area contributed by atoms with Crippen molar-refractivity contribution in [1.82, 2.24) is 24.7 Å². The molecule has 5 aliphatic rings. The predicted molar refractivity (Wildman–Crippen MR) is 227 cm³/mol. The maximum atomic E-state index is 14.7. The lowest BCUT2D eigenvalue weighted by molar-refractivity contribution is -0.141. The van der Waals surface area contributed by atoms with E-state index >= 15 is 0 Å². The van der Waals surface area contributed by atoms with E-state index in [1.807, 2.05) is 18.2 Å². The number of nitrogens with one attached hydrogen (secondary N) is 4. The lowest BCUT2D eigenvalue weighted by Crippen LogP contribution is -2.59. The molecule has 2 saturated heterocycles. The Bertz CT molecular complexity index is 2210. The van der Waals surface area contributed by atoms with Crippen LogP contribution in [0.3, 0.4) is 0 Å². The number of benzene rings is 2. The van der Waals surface area contributed by atoms with E-state index in [-0.39, 0.29) is 38.2 Å². The number of halogens is 4. The molecule has 0 aromatic heterocycles. The van der Waals surface area contributed by atoms with Crippen LogP contribution >= 0.6 is 0 Å². The maximum Gasteiger partial charge on any atom is 0.416 e. The molecule has 0 radical (unpaired) electrons. The van der Waals surface area contributed by atoms with E-state index in [4.69, 9.17) is 4.74 Å². The lowest BCUT2D eigenvalue weighted by Gasteiger charge is -2.36. The molecule has 0 spiro atoms. The summed E-state index contributed by atoms with van der Waals surface area (Å²) in [5, 5.41) is 9.02. The van der Waals surface area contributed by atoms with Crippen LogP contribution in [0.25, 0.3) is 0 Å². The van der Waals surface area contributed by atoms with Crippen LogP contribution in [0.15, 0.2) is 36.4 Å². The van der Waals surface area contributed by atoms with Gasteiger partial charge in [0, 0.05) is 44.0 Å². The van der Waals surface area contributed by atoms with Gasteiger partial charge in [-0.15, -0.1) is 0 Å². The minimum atomic E-state index is -4.88. The zero-order chi connectivity index (χ0) is 45.7. The van der Waals surface area contributed by atoms with Gasteiger partial charge in [-0.2, -0.15) is 13.2 Å². The van der Waals surface area contributed by atoms with Crippen molar-refractivity contribution in [3.8, 4) is 0 Å². The average Bonchev–Trinajstić information content (AvgIpc) is 4.03. The van der Waals surface area contributed by atoms with E-state index in [1.54, 1.807) is 27.7 Å². The first-order chi connectivity index (χ1) is 29.5. The quantitative estimate of drug-likeness (QED) is 0.166. The molecule has 4 amide bonds. The number of likely N-dealkylation sites (tertiary alicyclic amines) is 2. The van der Waals surface area contributed by atoms with Gasteiger partial charge >= 0.3 is 12.3 Å². The Morgan fingerprint density at radius 1 is 0.952 bits per heavy atom. The number of alkyl halides is 3. The molecule has 1 unspecified atom stereocenters. The molecule has 2 aromatic rings. The van der Waals surface area contributed by atoms with Crippen LogP contribution in [0.2, 0.25) is 0 Å². The Morgan fingerprint density at radius 3 is 2.29 bits per heavy atom. The minimum Gasteiger partial charge on any atom is -0.444 e. The van der Waals surface area contributed by atoms with Crippen molar-refractivity contribution in [2.75, 3.05) is 43.4 Å². The molecular weight excluding hydrogens is 847 g/mol. The van der Waals surface area contributed by atoms with Gasteiger partial charge in [0.25, 0.3) is 5.91 Å². The lowest BCUT2D eigenvalue weighted by atomic mass is 9.85. The summed E-state index contributed by atoms with van der Waals surface area (Å²) >= 11 is 0. The number of rotatable bonds is 14. The highest BCUT2D eigenvalue weighted by atomic mass is 32.2. The normalized spacial score (nSPS) is 24.9. The van der Waals surface area contributed by atoms with Gasteiger partial charge in [-0.1, -0.05) is 46.6 Å². The SMILES string of the molecule is CC[C@@H]1C[C@]1(NC(=O)C1C[C@@H](OC(=O)N2Cc3ccc(NCCN4CCCCC4)cc3C2)CN1C(=O)[C@@H](Nc1cc(F)cc(C(F)(F)F)c1)C(C)(C)C)C(=O)NS(=O)(=O)C1(C)CC1. The Labute approximate surface area is 366 Å². The summed E-state index contributed by atoms with van der Waals surface area (Å²) in [7, 11) is -4.06. The van der Waals surface area contributed by atoms with Crippen molar-refractivity contribution < 1.29 is 49.9 Å². The number of nitrogens with zero attached hydrogens (tertiary/aromatic N) is 3. The first-order valence-corrected chi connectivity index (χ1v) is 23.4. The highest BCUT2D eigenvalue weighted by molar-refractivity contribution is 7.91. The Kier molecular flexibility index (Phi) is 12.8. The van der Waals surface area contributed by atoms with Crippen LogP contribution < -0.4 is 20.7 Å². The zero-order valence-electron chi connectivity index (χ0n) is 36.5. The highest BCUT2D eigenvalue weighted by Gasteiger charge is 2.63. The summed E-state index contributed by atoms with van der Waals surface area (Å²) in [4.78, 5) is 61.8. The Morgan fingerprint density at radius 2 is 1.65 bits per heavy atom. The number of piperidine rings is 1. The van der Waals surface area contributed by atoms with Crippen molar-refractivity contribution in [3.63, 3.8) is 0 Å². The molecule has 2 aromatic carbocycles. The van der Waals surface area contributed by atoms with Gasteiger partial charge in [0.05, 0.1) is 16.9 Å².